The third-order valence-corrected chi connectivity index (χ3v) is 3.98. The lowest BCUT2D eigenvalue weighted by Gasteiger charge is -2.15. The summed E-state index contributed by atoms with van der Waals surface area (Å²) < 4.78 is 5.52. The number of benzene rings is 3. The molecule has 0 fully saturated rings. The zero-order chi connectivity index (χ0) is 19.1. The average Bonchev–Trinajstić information content (AvgIpc) is 2.73. The van der Waals surface area contributed by atoms with Crippen molar-refractivity contribution < 1.29 is 14.3 Å². The molecule has 0 radical (unpaired) electrons. The van der Waals surface area contributed by atoms with Crippen molar-refractivity contribution in [3.05, 3.63) is 90.5 Å². The average molecular weight is 360 g/mol. The van der Waals surface area contributed by atoms with Crippen LogP contribution >= 0.6 is 0 Å². The molecule has 2 N–H and O–H groups in total. The molecule has 5 nitrogen and oxygen atoms in total. The van der Waals surface area contributed by atoms with Gasteiger partial charge < -0.3 is 4.74 Å². The third-order valence-electron chi connectivity index (χ3n) is 3.98. The first kappa shape index (κ1) is 18.2. The van der Waals surface area contributed by atoms with E-state index in [1.54, 1.807) is 31.2 Å². The number of hydrogen-bond acceptors (Lipinski definition) is 3. The molecule has 0 aliphatic heterocycles. The van der Waals surface area contributed by atoms with Crippen LogP contribution in [0.3, 0.4) is 0 Å². The zero-order valence-corrected chi connectivity index (χ0v) is 14.9. The van der Waals surface area contributed by atoms with Crippen molar-refractivity contribution in [1.82, 2.24) is 10.9 Å². The second kappa shape index (κ2) is 8.67. The molecule has 2 amide bonds. The molecule has 0 saturated carbocycles. The normalized spacial score (nSPS) is 11.3. The molecule has 3 aromatic rings. The van der Waals surface area contributed by atoms with Crippen LogP contribution < -0.4 is 15.6 Å². The zero-order valence-electron chi connectivity index (χ0n) is 14.9. The maximum Gasteiger partial charge on any atom is 0.279 e. The Morgan fingerprint density at radius 3 is 1.93 bits per heavy atom. The summed E-state index contributed by atoms with van der Waals surface area (Å²) >= 11 is 0. The molecule has 27 heavy (non-hydrogen) atoms. The number of hydrogen-bond donors (Lipinski definition) is 2. The van der Waals surface area contributed by atoms with Gasteiger partial charge >= 0.3 is 0 Å². The van der Waals surface area contributed by atoms with E-state index in [1.165, 1.54) is 0 Å². The standard InChI is InChI=1S/C22H20N2O3/c1-16(27-20-10-6-3-7-11-20)21(25)23-24-22(26)19-14-12-18(13-15-19)17-8-4-2-5-9-17/h2-16H,1H3,(H,23,25)(H,24,26). The highest BCUT2D eigenvalue weighted by Crippen LogP contribution is 2.19. The van der Waals surface area contributed by atoms with Crippen LogP contribution in [-0.2, 0) is 4.79 Å². The van der Waals surface area contributed by atoms with E-state index in [0.29, 0.717) is 11.3 Å². The van der Waals surface area contributed by atoms with Crippen molar-refractivity contribution in [2.24, 2.45) is 0 Å². The minimum absolute atomic E-state index is 0.394. The molecule has 0 saturated heterocycles. The fourth-order valence-electron chi connectivity index (χ4n) is 2.49. The Kier molecular flexibility index (Phi) is 5.84. The Bertz CT molecular complexity index is 894. The second-order valence-electron chi connectivity index (χ2n) is 5.96. The van der Waals surface area contributed by atoms with Crippen molar-refractivity contribution in [1.29, 1.82) is 0 Å². The number of amides is 2. The summed E-state index contributed by atoms with van der Waals surface area (Å²) in [7, 11) is 0. The van der Waals surface area contributed by atoms with E-state index in [1.807, 2.05) is 60.7 Å². The molecule has 1 atom stereocenters. The highest BCUT2D eigenvalue weighted by atomic mass is 16.5. The molecule has 3 aromatic carbocycles. The Morgan fingerprint density at radius 2 is 1.30 bits per heavy atom. The van der Waals surface area contributed by atoms with Gasteiger partial charge in [0.25, 0.3) is 11.8 Å². The van der Waals surface area contributed by atoms with Crippen LogP contribution in [0.15, 0.2) is 84.9 Å². The van der Waals surface area contributed by atoms with Crippen LogP contribution in [0.4, 0.5) is 0 Å². The first-order valence-electron chi connectivity index (χ1n) is 8.61. The van der Waals surface area contributed by atoms with Gasteiger partial charge in [0, 0.05) is 5.56 Å². The summed E-state index contributed by atoms with van der Waals surface area (Å²) in [6, 6.07) is 26.1. The van der Waals surface area contributed by atoms with Gasteiger partial charge in [0.2, 0.25) is 0 Å². The summed E-state index contributed by atoms with van der Waals surface area (Å²) in [5, 5.41) is 0. The van der Waals surface area contributed by atoms with E-state index in [4.69, 9.17) is 4.74 Å². The maximum atomic E-state index is 12.2. The Balaban J connectivity index is 1.53. The molecule has 5 heteroatoms. The van der Waals surface area contributed by atoms with Crippen molar-refractivity contribution in [3.8, 4) is 16.9 Å². The van der Waals surface area contributed by atoms with Crippen LogP contribution in [0.5, 0.6) is 5.75 Å². The summed E-state index contributed by atoms with van der Waals surface area (Å²) in [4.78, 5) is 24.3. The number of ether oxygens (including phenoxy) is 1. The molecular weight excluding hydrogens is 340 g/mol. The molecule has 0 aliphatic carbocycles. The summed E-state index contributed by atoms with van der Waals surface area (Å²) in [5.74, 6) is -0.244. The van der Waals surface area contributed by atoms with Gasteiger partial charge in [-0.05, 0) is 42.3 Å². The summed E-state index contributed by atoms with van der Waals surface area (Å²) in [5.41, 5.74) is 7.33. The van der Waals surface area contributed by atoms with E-state index < -0.39 is 17.9 Å². The van der Waals surface area contributed by atoms with Gasteiger partial charge in [-0.1, -0.05) is 60.7 Å². The second-order valence-corrected chi connectivity index (χ2v) is 5.96. The predicted molar refractivity (Wildman–Crippen MR) is 104 cm³/mol. The Hall–Kier alpha value is -3.60. The van der Waals surface area contributed by atoms with E-state index in [9.17, 15) is 9.59 Å². The van der Waals surface area contributed by atoms with Crippen molar-refractivity contribution in [2.75, 3.05) is 0 Å². The Morgan fingerprint density at radius 1 is 0.741 bits per heavy atom. The summed E-state index contributed by atoms with van der Waals surface area (Å²) in [6.45, 7) is 1.61. The number of carbonyl (C=O) groups is 2. The molecule has 0 bridgehead atoms. The predicted octanol–water partition coefficient (Wildman–Crippen LogP) is 3.58. The van der Waals surface area contributed by atoms with Crippen molar-refractivity contribution in [2.45, 2.75) is 13.0 Å². The fourth-order valence-corrected chi connectivity index (χ4v) is 2.49. The Labute approximate surface area is 158 Å². The highest BCUT2D eigenvalue weighted by molar-refractivity contribution is 5.96. The lowest BCUT2D eigenvalue weighted by molar-refractivity contribution is -0.128. The smallest absolute Gasteiger partial charge is 0.279 e. The van der Waals surface area contributed by atoms with Crippen molar-refractivity contribution >= 4 is 11.8 Å². The number of carbonyl (C=O) groups excluding carboxylic acids is 2. The minimum Gasteiger partial charge on any atom is -0.481 e. The third kappa shape index (κ3) is 4.95. The molecule has 0 aliphatic rings. The molecule has 0 aromatic heterocycles. The minimum atomic E-state index is -0.742. The molecule has 1 unspecified atom stereocenters. The van der Waals surface area contributed by atoms with Crippen LogP contribution in [0.2, 0.25) is 0 Å². The fraction of sp³-hybridized carbons (Fsp3) is 0.0909. The van der Waals surface area contributed by atoms with Crippen LogP contribution in [0.1, 0.15) is 17.3 Å². The van der Waals surface area contributed by atoms with E-state index in [2.05, 4.69) is 10.9 Å². The van der Waals surface area contributed by atoms with Gasteiger partial charge in [0.1, 0.15) is 5.75 Å². The van der Waals surface area contributed by atoms with Gasteiger partial charge in [0.05, 0.1) is 0 Å². The van der Waals surface area contributed by atoms with Gasteiger partial charge in [-0.3, -0.25) is 20.4 Å². The molecular formula is C22H20N2O3. The summed E-state index contributed by atoms with van der Waals surface area (Å²) in [6.07, 6.45) is -0.742. The number of rotatable bonds is 5. The van der Waals surface area contributed by atoms with E-state index in [-0.39, 0.29) is 0 Å². The molecule has 3 rings (SSSR count). The largest absolute Gasteiger partial charge is 0.481 e. The molecule has 0 heterocycles. The lowest BCUT2D eigenvalue weighted by Crippen LogP contribution is -2.47. The van der Waals surface area contributed by atoms with Crippen LogP contribution in [-0.4, -0.2) is 17.9 Å². The van der Waals surface area contributed by atoms with Crippen LogP contribution in [0, 0.1) is 0 Å². The van der Waals surface area contributed by atoms with Crippen LogP contribution in [0.25, 0.3) is 11.1 Å². The SMILES string of the molecule is CC(Oc1ccccc1)C(=O)NNC(=O)c1ccc(-c2ccccc2)cc1. The quantitative estimate of drug-likeness (QED) is 0.684. The molecule has 0 spiro atoms. The first-order valence-corrected chi connectivity index (χ1v) is 8.61. The van der Waals surface area contributed by atoms with Gasteiger partial charge in [0.15, 0.2) is 6.10 Å². The maximum absolute atomic E-state index is 12.2. The van der Waals surface area contributed by atoms with Gasteiger partial charge in [-0.2, -0.15) is 0 Å². The van der Waals surface area contributed by atoms with E-state index in [0.717, 1.165) is 11.1 Å². The molecule has 136 valence electrons. The highest BCUT2D eigenvalue weighted by Gasteiger charge is 2.15. The number of para-hydroxylation sites is 1. The monoisotopic (exact) mass is 360 g/mol. The number of hydrazine groups is 1. The van der Waals surface area contributed by atoms with Gasteiger partial charge in [-0.15, -0.1) is 0 Å². The lowest BCUT2D eigenvalue weighted by atomic mass is 10.0. The first-order chi connectivity index (χ1) is 13.1. The van der Waals surface area contributed by atoms with Gasteiger partial charge in [-0.25, -0.2) is 0 Å². The van der Waals surface area contributed by atoms with E-state index >= 15 is 0 Å². The number of nitrogens with one attached hydrogen (secondary N) is 2. The topological polar surface area (TPSA) is 67.4 Å². The van der Waals surface area contributed by atoms with Crippen molar-refractivity contribution in [3.63, 3.8) is 0 Å².